The molecule has 0 saturated heterocycles. The van der Waals surface area contributed by atoms with Crippen molar-refractivity contribution in [3.63, 3.8) is 0 Å². The van der Waals surface area contributed by atoms with Crippen LogP contribution >= 0.6 is 23.1 Å². The molecular weight excluding hydrogens is 413 g/mol. The molecule has 3 aromatic rings. The summed E-state index contributed by atoms with van der Waals surface area (Å²) >= 11 is 2.10. The van der Waals surface area contributed by atoms with Crippen molar-refractivity contribution in [3.8, 4) is 0 Å². The fraction of sp³-hybridized carbons (Fsp3) is 0.278. The van der Waals surface area contributed by atoms with Crippen molar-refractivity contribution >= 4 is 39.1 Å². The highest BCUT2D eigenvalue weighted by Crippen LogP contribution is 2.30. The number of aryl methyl sites for hydroxylation is 2. The second-order valence-electron chi connectivity index (χ2n) is 6.51. The van der Waals surface area contributed by atoms with Crippen molar-refractivity contribution in [1.29, 1.82) is 5.41 Å². The first-order chi connectivity index (χ1) is 13.7. The maximum absolute atomic E-state index is 14.1. The van der Waals surface area contributed by atoms with Crippen LogP contribution < -0.4 is 5.73 Å². The van der Waals surface area contributed by atoms with Gasteiger partial charge in [0, 0.05) is 29.5 Å². The summed E-state index contributed by atoms with van der Waals surface area (Å²) in [5, 5.41) is 25.2. The van der Waals surface area contributed by atoms with Crippen LogP contribution in [0.1, 0.15) is 28.9 Å². The summed E-state index contributed by atoms with van der Waals surface area (Å²) in [6.07, 6.45) is 3.19. The molecule has 0 aromatic carbocycles. The van der Waals surface area contributed by atoms with Gasteiger partial charge in [-0.25, -0.2) is 14.4 Å². The van der Waals surface area contributed by atoms with Crippen LogP contribution in [0.4, 0.5) is 10.2 Å². The van der Waals surface area contributed by atoms with E-state index in [0.717, 1.165) is 17.5 Å². The number of aromatic nitrogens is 4. The minimum atomic E-state index is -1.56. The molecule has 3 rings (SSSR count). The number of aliphatic imine (C=N–C) groups is 1. The van der Waals surface area contributed by atoms with Gasteiger partial charge in [0.25, 0.3) is 0 Å². The molecule has 0 aliphatic heterocycles. The molecule has 0 saturated carbocycles. The summed E-state index contributed by atoms with van der Waals surface area (Å²) < 4.78 is 15.6. The van der Waals surface area contributed by atoms with Crippen LogP contribution in [-0.2, 0) is 12.1 Å². The number of nitrogens with one attached hydrogen (secondary N) is 1. The van der Waals surface area contributed by atoms with E-state index in [1.807, 2.05) is 6.92 Å². The highest BCUT2D eigenvalue weighted by atomic mass is 32.2. The fourth-order valence-corrected chi connectivity index (χ4v) is 3.94. The van der Waals surface area contributed by atoms with Crippen LogP contribution in [-0.4, -0.2) is 35.1 Å². The zero-order valence-electron chi connectivity index (χ0n) is 16.0. The Morgan fingerprint density at radius 2 is 2.21 bits per heavy atom. The lowest BCUT2D eigenvalue weighted by Crippen LogP contribution is -2.31. The van der Waals surface area contributed by atoms with E-state index in [2.05, 4.69) is 20.1 Å². The van der Waals surface area contributed by atoms with Gasteiger partial charge in [0.15, 0.2) is 16.6 Å². The Hall–Kier alpha value is -2.63. The highest BCUT2D eigenvalue weighted by molar-refractivity contribution is 8.26. The van der Waals surface area contributed by atoms with Crippen LogP contribution in [0.5, 0.6) is 0 Å². The largest absolute Gasteiger partial charge is 0.378 e. The lowest BCUT2D eigenvalue weighted by Gasteiger charge is -2.20. The van der Waals surface area contributed by atoms with Crippen LogP contribution in [0.15, 0.2) is 34.9 Å². The molecule has 0 spiro atoms. The molecule has 0 radical (unpaired) electrons. The van der Waals surface area contributed by atoms with Crippen molar-refractivity contribution in [1.82, 2.24) is 19.7 Å². The lowest BCUT2D eigenvalue weighted by molar-refractivity contribution is 0.135. The summed E-state index contributed by atoms with van der Waals surface area (Å²) in [6.45, 7) is 5.14. The number of thiazole rings is 1. The first-order valence-corrected chi connectivity index (χ1v) is 10.3. The van der Waals surface area contributed by atoms with Gasteiger partial charge in [0.2, 0.25) is 0 Å². The highest BCUT2D eigenvalue weighted by Gasteiger charge is 2.33. The molecule has 0 aliphatic carbocycles. The summed E-state index contributed by atoms with van der Waals surface area (Å²) in [4.78, 5) is 12.4. The van der Waals surface area contributed by atoms with Gasteiger partial charge < -0.3 is 10.8 Å². The minimum absolute atomic E-state index is 0.0497. The lowest BCUT2D eigenvalue weighted by atomic mass is 10.1. The summed E-state index contributed by atoms with van der Waals surface area (Å²) in [7, 11) is 0. The Bertz CT molecular complexity index is 1070. The minimum Gasteiger partial charge on any atom is -0.378 e. The number of hydrogen-bond acceptors (Lipinski definition) is 8. The van der Waals surface area contributed by atoms with Crippen molar-refractivity contribution in [3.05, 3.63) is 57.7 Å². The fourth-order valence-electron chi connectivity index (χ4n) is 2.37. The molecule has 3 heterocycles. The third-order valence-electron chi connectivity index (χ3n) is 4.00. The van der Waals surface area contributed by atoms with Gasteiger partial charge in [-0.15, -0.1) is 11.3 Å². The Morgan fingerprint density at radius 1 is 1.45 bits per heavy atom. The van der Waals surface area contributed by atoms with E-state index in [9.17, 15) is 9.50 Å². The average molecular weight is 434 g/mol. The number of nitrogens with two attached hydrogens (primary N) is 1. The van der Waals surface area contributed by atoms with E-state index in [0.29, 0.717) is 16.4 Å². The van der Waals surface area contributed by atoms with E-state index < -0.39 is 5.60 Å². The van der Waals surface area contributed by atoms with E-state index in [1.165, 1.54) is 22.9 Å². The SMILES string of the molecule is Cc1csc(C(C)(O)C(=N)SC(N)=Nc2ccn(Cc3nccc(C)c3F)n2)n1. The average Bonchev–Trinajstić information content (AvgIpc) is 3.28. The first kappa shape index (κ1) is 21.1. The van der Waals surface area contributed by atoms with Crippen molar-refractivity contribution in [2.45, 2.75) is 32.9 Å². The molecule has 0 bridgehead atoms. The molecule has 0 aliphatic rings. The van der Waals surface area contributed by atoms with Gasteiger partial charge in [-0.2, -0.15) is 5.10 Å². The monoisotopic (exact) mass is 433 g/mol. The second-order valence-corrected chi connectivity index (χ2v) is 8.40. The molecule has 3 aromatic heterocycles. The third-order valence-corrected chi connectivity index (χ3v) is 6.07. The Morgan fingerprint density at radius 3 is 2.90 bits per heavy atom. The van der Waals surface area contributed by atoms with E-state index in [1.54, 1.807) is 36.8 Å². The molecule has 1 unspecified atom stereocenters. The Labute approximate surface area is 175 Å². The molecule has 4 N–H and O–H groups in total. The molecular formula is C18H20FN7OS2. The number of hydrogen-bond donors (Lipinski definition) is 3. The van der Waals surface area contributed by atoms with Crippen LogP contribution in [0.3, 0.4) is 0 Å². The zero-order valence-corrected chi connectivity index (χ0v) is 17.7. The molecule has 8 nitrogen and oxygen atoms in total. The topological polar surface area (TPSA) is 126 Å². The molecule has 0 amide bonds. The van der Waals surface area contributed by atoms with E-state index in [-0.39, 0.29) is 28.3 Å². The number of pyridine rings is 1. The van der Waals surface area contributed by atoms with Crippen molar-refractivity contribution in [2.24, 2.45) is 10.7 Å². The second kappa shape index (κ2) is 8.39. The zero-order chi connectivity index (χ0) is 21.2. The van der Waals surface area contributed by atoms with Gasteiger partial charge in [-0.1, -0.05) is 0 Å². The third kappa shape index (κ3) is 4.86. The summed E-state index contributed by atoms with van der Waals surface area (Å²) in [6, 6.07) is 3.22. The summed E-state index contributed by atoms with van der Waals surface area (Å²) in [5.41, 5.74) is 5.93. The molecule has 29 heavy (non-hydrogen) atoms. The maximum Gasteiger partial charge on any atom is 0.176 e. The van der Waals surface area contributed by atoms with E-state index >= 15 is 0 Å². The van der Waals surface area contributed by atoms with Gasteiger partial charge in [-0.3, -0.25) is 15.1 Å². The number of amidine groups is 1. The predicted molar refractivity (Wildman–Crippen MR) is 113 cm³/mol. The molecule has 152 valence electrons. The number of aliphatic hydroxyl groups is 1. The van der Waals surface area contributed by atoms with Crippen molar-refractivity contribution in [2.75, 3.05) is 0 Å². The maximum atomic E-state index is 14.1. The van der Waals surface area contributed by atoms with E-state index in [4.69, 9.17) is 11.1 Å². The Balaban J connectivity index is 1.69. The number of nitrogens with zero attached hydrogens (tertiary/aromatic N) is 5. The van der Waals surface area contributed by atoms with Gasteiger partial charge in [0.1, 0.15) is 15.9 Å². The van der Waals surface area contributed by atoms with Gasteiger partial charge in [-0.05, 0) is 44.2 Å². The standard InChI is InChI=1S/C18H20FN7OS2/c1-10-4-6-22-12(14(10)19)8-26-7-5-13(25-26)24-17(21)29-15(20)18(3,27)16-23-11(2)9-28-16/h4-7,9,20,27H,8H2,1-3H3,(H2,21,24,25). The Kier molecular flexibility index (Phi) is 6.10. The van der Waals surface area contributed by atoms with Gasteiger partial charge >= 0.3 is 0 Å². The normalized spacial score (nSPS) is 14.0. The quantitative estimate of drug-likeness (QED) is 0.419. The van der Waals surface area contributed by atoms with Crippen LogP contribution in [0.2, 0.25) is 0 Å². The number of rotatable bonds is 5. The van der Waals surface area contributed by atoms with Crippen LogP contribution in [0, 0.1) is 25.1 Å². The smallest absolute Gasteiger partial charge is 0.176 e. The number of thioether (sulfide) groups is 1. The molecule has 1 atom stereocenters. The van der Waals surface area contributed by atoms with Gasteiger partial charge in [0.05, 0.1) is 12.2 Å². The first-order valence-electron chi connectivity index (χ1n) is 8.56. The molecule has 0 fully saturated rings. The van der Waals surface area contributed by atoms with Crippen molar-refractivity contribution < 1.29 is 9.50 Å². The summed E-state index contributed by atoms with van der Waals surface area (Å²) in [5.74, 6) is -0.0585. The number of halogens is 1. The predicted octanol–water partition coefficient (Wildman–Crippen LogP) is 3.10. The molecule has 11 heteroatoms. The van der Waals surface area contributed by atoms with Crippen LogP contribution in [0.25, 0.3) is 0 Å².